The maximum Gasteiger partial charge on any atom is 0.261 e. The molecule has 1 fully saturated rings. The van der Waals surface area contributed by atoms with Crippen molar-refractivity contribution in [2.45, 2.75) is 45.1 Å². The summed E-state index contributed by atoms with van der Waals surface area (Å²) in [7, 11) is 0. The number of hydrogen-bond acceptors (Lipinski definition) is 2. The van der Waals surface area contributed by atoms with Crippen LogP contribution in [0.25, 0.3) is 0 Å². The van der Waals surface area contributed by atoms with E-state index in [0.29, 0.717) is 0 Å². The molecule has 2 N–H and O–H groups in total. The van der Waals surface area contributed by atoms with E-state index >= 15 is 0 Å². The molecule has 0 aliphatic heterocycles. The Balaban J connectivity index is 2.26. The number of aryl methyl sites for hydroxylation is 2. The first-order valence-corrected chi connectivity index (χ1v) is 6.09. The summed E-state index contributed by atoms with van der Waals surface area (Å²) in [5, 5.41) is 0. The van der Waals surface area contributed by atoms with Crippen molar-refractivity contribution < 1.29 is 9.53 Å². The summed E-state index contributed by atoms with van der Waals surface area (Å²) in [6, 6.07) is 5.99. The molecule has 92 valence electrons. The normalized spacial score (nSPS) is 18.0. The van der Waals surface area contributed by atoms with Crippen molar-refractivity contribution in [1.29, 1.82) is 0 Å². The van der Waals surface area contributed by atoms with Crippen LogP contribution < -0.4 is 10.5 Å². The second kappa shape index (κ2) is 4.40. The highest BCUT2D eigenvalue weighted by atomic mass is 16.5. The van der Waals surface area contributed by atoms with Crippen LogP contribution in [0.5, 0.6) is 5.75 Å². The largest absolute Gasteiger partial charge is 0.477 e. The van der Waals surface area contributed by atoms with E-state index in [2.05, 4.69) is 6.07 Å². The Morgan fingerprint density at radius 3 is 2.18 bits per heavy atom. The molecular weight excluding hydrogens is 214 g/mol. The molecule has 3 nitrogen and oxygen atoms in total. The van der Waals surface area contributed by atoms with Crippen molar-refractivity contribution in [3.8, 4) is 5.75 Å². The number of nitrogens with two attached hydrogens (primary N) is 1. The highest BCUT2D eigenvalue weighted by molar-refractivity contribution is 5.84. The van der Waals surface area contributed by atoms with Gasteiger partial charge in [-0.3, -0.25) is 4.79 Å². The van der Waals surface area contributed by atoms with Crippen molar-refractivity contribution in [1.82, 2.24) is 0 Å². The van der Waals surface area contributed by atoms with Crippen molar-refractivity contribution in [3.05, 3.63) is 29.3 Å². The zero-order valence-corrected chi connectivity index (χ0v) is 10.5. The van der Waals surface area contributed by atoms with Gasteiger partial charge in [-0.15, -0.1) is 0 Å². The summed E-state index contributed by atoms with van der Waals surface area (Å²) >= 11 is 0. The lowest BCUT2D eigenvalue weighted by atomic mass is 10.0. The fraction of sp³-hybridized carbons (Fsp3) is 0.500. The van der Waals surface area contributed by atoms with Gasteiger partial charge in [0.2, 0.25) is 0 Å². The molecule has 3 heteroatoms. The van der Waals surface area contributed by atoms with Gasteiger partial charge >= 0.3 is 0 Å². The molecule has 2 rings (SSSR count). The molecule has 0 heterocycles. The van der Waals surface area contributed by atoms with Crippen molar-refractivity contribution in [3.63, 3.8) is 0 Å². The molecule has 0 radical (unpaired) electrons. The van der Waals surface area contributed by atoms with Gasteiger partial charge in [0.15, 0.2) is 5.60 Å². The van der Waals surface area contributed by atoms with Gasteiger partial charge in [-0.2, -0.15) is 0 Å². The van der Waals surface area contributed by atoms with E-state index in [1.54, 1.807) is 0 Å². The monoisotopic (exact) mass is 233 g/mol. The highest BCUT2D eigenvalue weighted by Crippen LogP contribution is 2.34. The Kier molecular flexibility index (Phi) is 3.09. The first kappa shape index (κ1) is 12.0. The third kappa shape index (κ3) is 2.43. The lowest BCUT2D eigenvalue weighted by Gasteiger charge is -2.27. The number of benzene rings is 1. The van der Waals surface area contributed by atoms with Crippen LogP contribution >= 0.6 is 0 Å². The van der Waals surface area contributed by atoms with Crippen LogP contribution in [-0.4, -0.2) is 11.5 Å². The molecule has 0 unspecified atom stereocenters. The molecule has 1 saturated carbocycles. The number of carbonyl (C=O) groups excluding carboxylic acids is 1. The van der Waals surface area contributed by atoms with Gasteiger partial charge in [-0.1, -0.05) is 6.07 Å². The molecule has 17 heavy (non-hydrogen) atoms. The lowest BCUT2D eigenvalue weighted by Crippen LogP contribution is -2.46. The summed E-state index contributed by atoms with van der Waals surface area (Å²) in [5.41, 5.74) is 6.99. The summed E-state index contributed by atoms with van der Waals surface area (Å²) in [6.07, 6.45) is 3.48. The van der Waals surface area contributed by atoms with Gasteiger partial charge in [0.1, 0.15) is 5.75 Å². The van der Waals surface area contributed by atoms with E-state index in [0.717, 1.165) is 42.6 Å². The van der Waals surface area contributed by atoms with Gasteiger partial charge in [0.05, 0.1) is 0 Å². The maximum absolute atomic E-state index is 11.6. The minimum absolute atomic E-state index is 0.339. The van der Waals surface area contributed by atoms with Crippen LogP contribution in [0.15, 0.2) is 18.2 Å². The fourth-order valence-electron chi connectivity index (χ4n) is 2.56. The fourth-order valence-corrected chi connectivity index (χ4v) is 2.56. The summed E-state index contributed by atoms with van der Waals surface area (Å²) < 4.78 is 5.91. The van der Waals surface area contributed by atoms with Gasteiger partial charge in [-0.25, -0.2) is 0 Å². The Morgan fingerprint density at radius 2 is 1.71 bits per heavy atom. The van der Waals surface area contributed by atoms with E-state index in [-0.39, 0.29) is 5.91 Å². The topological polar surface area (TPSA) is 52.3 Å². The Labute approximate surface area is 102 Å². The summed E-state index contributed by atoms with van der Waals surface area (Å²) in [6.45, 7) is 4.04. The Bertz CT molecular complexity index is 414. The number of ether oxygens (including phenoxy) is 1. The predicted octanol–water partition coefficient (Wildman–Crippen LogP) is 2.48. The van der Waals surface area contributed by atoms with Crippen LogP contribution in [0.2, 0.25) is 0 Å². The van der Waals surface area contributed by atoms with Crippen LogP contribution in [0, 0.1) is 13.8 Å². The van der Waals surface area contributed by atoms with Crippen molar-refractivity contribution >= 4 is 5.91 Å². The Hall–Kier alpha value is -1.51. The second-order valence-electron chi connectivity index (χ2n) is 4.99. The number of carbonyl (C=O) groups is 1. The average Bonchev–Trinajstić information content (AvgIpc) is 2.65. The lowest BCUT2D eigenvalue weighted by molar-refractivity contribution is -0.132. The molecule has 1 aliphatic rings. The number of primary amides is 1. The zero-order chi connectivity index (χ0) is 12.5. The van der Waals surface area contributed by atoms with Crippen LogP contribution in [-0.2, 0) is 4.79 Å². The predicted molar refractivity (Wildman–Crippen MR) is 66.9 cm³/mol. The molecule has 0 spiro atoms. The van der Waals surface area contributed by atoms with Crippen molar-refractivity contribution in [2.75, 3.05) is 0 Å². The smallest absolute Gasteiger partial charge is 0.261 e. The number of amides is 1. The first-order valence-electron chi connectivity index (χ1n) is 6.09. The van der Waals surface area contributed by atoms with E-state index in [1.165, 1.54) is 0 Å². The average molecular weight is 233 g/mol. The van der Waals surface area contributed by atoms with E-state index in [1.807, 2.05) is 26.0 Å². The zero-order valence-electron chi connectivity index (χ0n) is 10.5. The standard InChI is InChI=1S/C14H19NO2/c1-10-7-11(2)9-12(8-10)17-14(13(15)16)5-3-4-6-14/h7-9H,3-6H2,1-2H3,(H2,15,16). The van der Waals surface area contributed by atoms with Crippen LogP contribution in [0.4, 0.5) is 0 Å². The van der Waals surface area contributed by atoms with Crippen LogP contribution in [0.3, 0.4) is 0 Å². The van der Waals surface area contributed by atoms with E-state index in [4.69, 9.17) is 10.5 Å². The molecule has 0 atom stereocenters. The quantitative estimate of drug-likeness (QED) is 0.872. The SMILES string of the molecule is Cc1cc(C)cc(OC2(C(N)=O)CCCC2)c1. The minimum atomic E-state index is -0.778. The molecular formula is C14H19NO2. The molecule has 1 amide bonds. The van der Waals surface area contributed by atoms with Gasteiger partial charge in [0.25, 0.3) is 5.91 Å². The van der Waals surface area contributed by atoms with Gasteiger partial charge in [0, 0.05) is 0 Å². The van der Waals surface area contributed by atoms with Gasteiger partial charge < -0.3 is 10.5 Å². The number of hydrogen-bond donors (Lipinski definition) is 1. The third-order valence-corrected chi connectivity index (χ3v) is 3.37. The molecule has 0 saturated heterocycles. The third-order valence-electron chi connectivity index (χ3n) is 3.37. The highest BCUT2D eigenvalue weighted by Gasteiger charge is 2.42. The Morgan fingerprint density at radius 1 is 1.18 bits per heavy atom. The number of rotatable bonds is 3. The maximum atomic E-state index is 11.6. The van der Waals surface area contributed by atoms with Crippen LogP contribution in [0.1, 0.15) is 36.8 Å². The molecule has 0 bridgehead atoms. The summed E-state index contributed by atoms with van der Waals surface area (Å²) in [4.78, 5) is 11.6. The summed E-state index contributed by atoms with van der Waals surface area (Å²) in [5.74, 6) is 0.414. The van der Waals surface area contributed by atoms with E-state index < -0.39 is 5.60 Å². The molecule has 0 aromatic heterocycles. The molecule has 1 aromatic rings. The van der Waals surface area contributed by atoms with E-state index in [9.17, 15) is 4.79 Å². The van der Waals surface area contributed by atoms with Gasteiger partial charge in [-0.05, 0) is 62.8 Å². The molecule has 1 aromatic carbocycles. The minimum Gasteiger partial charge on any atom is -0.477 e. The second-order valence-corrected chi connectivity index (χ2v) is 4.99. The van der Waals surface area contributed by atoms with Crippen molar-refractivity contribution in [2.24, 2.45) is 5.73 Å². The first-order chi connectivity index (χ1) is 8.02. The molecule has 1 aliphatic carbocycles.